The molecule has 7 heteroatoms. The number of oxazole rings is 1. The van der Waals surface area contributed by atoms with Gasteiger partial charge in [-0.2, -0.15) is 0 Å². The summed E-state index contributed by atoms with van der Waals surface area (Å²) < 4.78 is 23.6. The molecule has 1 heterocycles. The van der Waals surface area contributed by atoms with Crippen molar-refractivity contribution in [3.63, 3.8) is 0 Å². The van der Waals surface area contributed by atoms with E-state index in [4.69, 9.17) is 9.15 Å². The minimum atomic E-state index is -0.658. The second kappa shape index (κ2) is 8.06. The van der Waals surface area contributed by atoms with Crippen molar-refractivity contribution in [1.29, 1.82) is 0 Å². The normalized spacial score (nSPS) is 10.3. The Balaban J connectivity index is 1.47. The molecule has 3 rings (SSSR count). The molecule has 132 valence electrons. The number of nitrogens with zero attached hydrogens (tertiary/aromatic N) is 1. The molecule has 1 N–H and O–H groups in total. The van der Waals surface area contributed by atoms with Crippen LogP contribution < -0.4 is 5.32 Å². The van der Waals surface area contributed by atoms with Crippen molar-refractivity contribution < 1.29 is 23.1 Å². The van der Waals surface area contributed by atoms with E-state index in [0.29, 0.717) is 5.76 Å². The maximum Gasteiger partial charge on any atom is 0.325 e. The Hall–Kier alpha value is -3.48. The molecule has 0 atom stereocenters. The van der Waals surface area contributed by atoms with Crippen LogP contribution in [0.3, 0.4) is 0 Å². The van der Waals surface area contributed by atoms with Crippen molar-refractivity contribution >= 4 is 11.9 Å². The lowest BCUT2D eigenvalue weighted by molar-refractivity contribution is -0.144. The lowest BCUT2D eigenvalue weighted by atomic mass is 10.2. The monoisotopic (exact) mass is 354 g/mol. The highest BCUT2D eigenvalue weighted by atomic mass is 19.1. The summed E-state index contributed by atoms with van der Waals surface area (Å²) >= 11 is 0. The van der Waals surface area contributed by atoms with Gasteiger partial charge < -0.3 is 14.5 Å². The second-order valence-electron chi connectivity index (χ2n) is 5.34. The number of ether oxygens (including phenoxy) is 1. The van der Waals surface area contributed by atoms with E-state index in [0.717, 1.165) is 11.6 Å². The average molecular weight is 354 g/mol. The van der Waals surface area contributed by atoms with Gasteiger partial charge >= 0.3 is 5.97 Å². The summed E-state index contributed by atoms with van der Waals surface area (Å²) in [6.45, 7) is -0.497. The first-order valence-electron chi connectivity index (χ1n) is 7.81. The largest absolute Gasteiger partial charge is 0.454 e. The molecular formula is C19H15FN2O4. The molecule has 6 nitrogen and oxygen atoms in total. The maximum atomic E-state index is 13.1. The first kappa shape index (κ1) is 17.3. The summed E-state index contributed by atoms with van der Waals surface area (Å²) in [6, 6.07) is 14.6. The van der Waals surface area contributed by atoms with Gasteiger partial charge in [-0.3, -0.25) is 9.59 Å². The van der Waals surface area contributed by atoms with Crippen molar-refractivity contribution in [2.45, 2.75) is 6.61 Å². The fraction of sp³-hybridized carbons (Fsp3) is 0.105. The fourth-order valence-corrected chi connectivity index (χ4v) is 2.19. The summed E-state index contributed by atoms with van der Waals surface area (Å²) in [6.07, 6.45) is 1.55. The lowest BCUT2D eigenvalue weighted by Gasteiger charge is -2.05. The Kier molecular flexibility index (Phi) is 5.38. The van der Waals surface area contributed by atoms with Crippen LogP contribution >= 0.6 is 0 Å². The smallest absolute Gasteiger partial charge is 0.325 e. The van der Waals surface area contributed by atoms with Gasteiger partial charge in [-0.05, 0) is 18.2 Å². The predicted octanol–water partition coefficient (Wildman–Crippen LogP) is 2.95. The molecular weight excluding hydrogens is 339 g/mol. The molecule has 0 aliphatic rings. The Morgan fingerprint density at radius 1 is 1.12 bits per heavy atom. The third-order valence-electron chi connectivity index (χ3n) is 3.45. The van der Waals surface area contributed by atoms with Crippen LogP contribution in [0.5, 0.6) is 0 Å². The van der Waals surface area contributed by atoms with Gasteiger partial charge in [0.1, 0.15) is 12.4 Å². The summed E-state index contributed by atoms with van der Waals surface area (Å²) in [5, 5.41) is 2.36. The Morgan fingerprint density at radius 3 is 2.69 bits per heavy atom. The van der Waals surface area contributed by atoms with Gasteiger partial charge in [-0.1, -0.05) is 36.4 Å². The Bertz CT molecular complexity index is 909. The topological polar surface area (TPSA) is 81.4 Å². The molecule has 3 aromatic rings. The molecule has 0 bridgehead atoms. The van der Waals surface area contributed by atoms with E-state index < -0.39 is 17.7 Å². The van der Waals surface area contributed by atoms with Gasteiger partial charge in [0.2, 0.25) is 5.89 Å². The number of esters is 1. The van der Waals surface area contributed by atoms with Crippen LogP contribution in [-0.4, -0.2) is 23.4 Å². The van der Waals surface area contributed by atoms with E-state index >= 15 is 0 Å². The van der Waals surface area contributed by atoms with Gasteiger partial charge in [-0.25, -0.2) is 9.37 Å². The predicted molar refractivity (Wildman–Crippen MR) is 90.5 cm³/mol. The fourth-order valence-electron chi connectivity index (χ4n) is 2.19. The highest BCUT2D eigenvalue weighted by molar-refractivity contribution is 5.95. The van der Waals surface area contributed by atoms with Gasteiger partial charge in [0.15, 0.2) is 12.4 Å². The lowest BCUT2D eigenvalue weighted by Crippen LogP contribution is -2.30. The zero-order valence-electron chi connectivity index (χ0n) is 13.6. The second-order valence-corrected chi connectivity index (χ2v) is 5.34. The quantitative estimate of drug-likeness (QED) is 0.688. The Labute approximate surface area is 148 Å². The van der Waals surface area contributed by atoms with E-state index in [-0.39, 0.29) is 24.6 Å². The molecule has 2 aromatic carbocycles. The van der Waals surface area contributed by atoms with Gasteiger partial charge in [0.05, 0.1) is 6.20 Å². The van der Waals surface area contributed by atoms with Crippen LogP contribution in [-0.2, 0) is 16.1 Å². The van der Waals surface area contributed by atoms with E-state index in [1.54, 1.807) is 6.20 Å². The van der Waals surface area contributed by atoms with Crippen molar-refractivity contribution in [3.05, 3.63) is 78.1 Å². The summed E-state index contributed by atoms with van der Waals surface area (Å²) in [5.41, 5.74) is 0.984. The molecule has 0 radical (unpaired) electrons. The number of amides is 1. The van der Waals surface area contributed by atoms with Crippen LogP contribution in [0.1, 0.15) is 16.2 Å². The molecule has 1 amide bonds. The summed E-state index contributed by atoms with van der Waals surface area (Å²) in [5.74, 6) is -0.943. The molecule has 0 spiro atoms. The number of aromatic nitrogens is 1. The van der Waals surface area contributed by atoms with Crippen LogP contribution in [0.25, 0.3) is 11.3 Å². The van der Waals surface area contributed by atoms with Crippen LogP contribution in [0.2, 0.25) is 0 Å². The van der Waals surface area contributed by atoms with Gasteiger partial charge in [0, 0.05) is 11.1 Å². The molecule has 0 saturated heterocycles. The maximum absolute atomic E-state index is 13.1. The number of hydrogen-bond acceptors (Lipinski definition) is 5. The molecule has 26 heavy (non-hydrogen) atoms. The average Bonchev–Trinajstić information content (AvgIpc) is 3.14. The van der Waals surface area contributed by atoms with Crippen LogP contribution in [0.15, 0.2) is 65.2 Å². The van der Waals surface area contributed by atoms with Crippen LogP contribution in [0.4, 0.5) is 4.39 Å². The molecule has 0 unspecified atom stereocenters. The zero-order chi connectivity index (χ0) is 18.4. The standard InChI is InChI=1S/C19H15FN2O4/c20-15-8-4-7-14(9-15)19(24)22-11-18(23)25-12-17-21-10-16(26-17)13-5-2-1-3-6-13/h1-10H,11-12H2,(H,22,24). The Morgan fingerprint density at radius 2 is 1.92 bits per heavy atom. The SMILES string of the molecule is O=C(CNC(=O)c1cccc(F)c1)OCc1ncc(-c2ccccc2)o1. The third-order valence-corrected chi connectivity index (χ3v) is 3.45. The molecule has 1 aromatic heterocycles. The van der Waals surface area contributed by atoms with Crippen molar-refractivity contribution in [1.82, 2.24) is 10.3 Å². The third kappa shape index (κ3) is 4.54. The van der Waals surface area contributed by atoms with E-state index in [9.17, 15) is 14.0 Å². The number of carbonyl (C=O) groups is 2. The number of rotatable bonds is 6. The summed E-state index contributed by atoms with van der Waals surface area (Å²) in [7, 11) is 0. The van der Waals surface area contributed by atoms with Crippen LogP contribution in [0, 0.1) is 5.82 Å². The minimum absolute atomic E-state index is 0.123. The van der Waals surface area contributed by atoms with Gasteiger partial charge in [0.25, 0.3) is 5.91 Å². The first-order valence-corrected chi connectivity index (χ1v) is 7.81. The zero-order valence-corrected chi connectivity index (χ0v) is 13.6. The number of nitrogens with one attached hydrogen (secondary N) is 1. The van der Waals surface area contributed by atoms with Gasteiger partial charge in [-0.15, -0.1) is 0 Å². The highest BCUT2D eigenvalue weighted by Gasteiger charge is 2.12. The molecule has 0 saturated carbocycles. The van der Waals surface area contributed by atoms with Crippen molar-refractivity contribution in [2.24, 2.45) is 0 Å². The first-order chi connectivity index (χ1) is 12.6. The van der Waals surface area contributed by atoms with Crippen molar-refractivity contribution in [3.8, 4) is 11.3 Å². The molecule has 0 aliphatic heterocycles. The molecule has 0 aliphatic carbocycles. The number of hydrogen-bond donors (Lipinski definition) is 1. The number of halogens is 1. The van der Waals surface area contributed by atoms with E-state index in [1.807, 2.05) is 30.3 Å². The molecule has 0 fully saturated rings. The minimum Gasteiger partial charge on any atom is -0.454 e. The number of carbonyl (C=O) groups excluding carboxylic acids is 2. The van der Waals surface area contributed by atoms with E-state index in [2.05, 4.69) is 10.3 Å². The number of benzene rings is 2. The summed E-state index contributed by atoms with van der Waals surface area (Å²) in [4.78, 5) is 27.6. The van der Waals surface area contributed by atoms with Crippen molar-refractivity contribution in [2.75, 3.05) is 6.54 Å². The highest BCUT2D eigenvalue weighted by Crippen LogP contribution is 2.19. The van der Waals surface area contributed by atoms with E-state index in [1.165, 1.54) is 18.2 Å².